The van der Waals surface area contributed by atoms with Gasteiger partial charge in [-0.05, 0) is 23.6 Å². The number of carbonyl (C=O) groups excluding carboxylic acids is 2. The molecule has 6 heteroatoms. The summed E-state index contributed by atoms with van der Waals surface area (Å²) in [4.78, 5) is 25.7. The average Bonchev–Trinajstić information content (AvgIpc) is 3.02. The Balaban J connectivity index is 1.99. The van der Waals surface area contributed by atoms with Gasteiger partial charge in [-0.15, -0.1) is 0 Å². The molecule has 2 aromatic rings. The van der Waals surface area contributed by atoms with Crippen LogP contribution >= 0.6 is 0 Å². The molecule has 0 fully saturated rings. The highest BCUT2D eigenvalue weighted by molar-refractivity contribution is 5.98. The number of rotatable bonds is 6. The molecule has 0 bridgehead atoms. The molecule has 0 radical (unpaired) electrons. The van der Waals surface area contributed by atoms with E-state index >= 15 is 0 Å². The van der Waals surface area contributed by atoms with Crippen LogP contribution in [-0.4, -0.2) is 23.3 Å². The topological polar surface area (TPSA) is 114 Å². The van der Waals surface area contributed by atoms with Gasteiger partial charge in [-0.1, -0.05) is 31.2 Å². The fourth-order valence-electron chi connectivity index (χ4n) is 2.29. The molecule has 0 spiro atoms. The summed E-state index contributed by atoms with van der Waals surface area (Å²) in [5.74, 6) is -0.902. The van der Waals surface area contributed by atoms with E-state index in [9.17, 15) is 9.59 Å². The summed E-state index contributed by atoms with van der Waals surface area (Å²) in [6.45, 7) is 2.37. The van der Waals surface area contributed by atoms with E-state index in [1.54, 1.807) is 0 Å². The number of amides is 2. The van der Waals surface area contributed by atoms with Crippen LogP contribution in [0.25, 0.3) is 0 Å². The molecule has 0 saturated heterocycles. The highest BCUT2D eigenvalue weighted by Gasteiger charge is 2.14. The van der Waals surface area contributed by atoms with Gasteiger partial charge in [-0.2, -0.15) is 0 Å². The number of aryl methyl sites for hydroxylation is 1. The van der Waals surface area contributed by atoms with Gasteiger partial charge in [-0.25, -0.2) is 0 Å². The van der Waals surface area contributed by atoms with Crippen LogP contribution in [0.1, 0.15) is 44.9 Å². The van der Waals surface area contributed by atoms with Crippen molar-refractivity contribution < 1.29 is 9.59 Å². The zero-order valence-electron chi connectivity index (χ0n) is 12.4. The van der Waals surface area contributed by atoms with Gasteiger partial charge in [0, 0.05) is 18.8 Å². The van der Waals surface area contributed by atoms with Crippen molar-refractivity contribution in [3.8, 4) is 0 Å². The summed E-state index contributed by atoms with van der Waals surface area (Å²) in [6.07, 6.45) is 2.29. The van der Waals surface area contributed by atoms with E-state index in [0.717, 1.165) is 12.0 Å². The molecule has 1 aromatic heterocycles. The van der Waals surface area contributed by atoms with Gasteiger partial charge >= 0.3 is 0 Å². The molecule has 1 aromatic carbocycles. The number of hydrogen-bond donors (Lipinski definition) is 4. The van der Waals surface area contributed by atoms with E-state index in [-0.39, 0.29) is 23.2 Å². The molecule has 1 atom stereocenters. The number of nitrogens with one attached hydrogen (secondary N) is 2. The van der Waals surface area contributed by atoms with E-state index in [4.69, 9.17) is 11.5 Å². The summed E-state index contributed by atoms with van der Waals surface area (Å²) in [5, 5.41) is 2.75. The fraction of sp³-hybridized carbons (Fsp3) is 0.250. The molecule has 116 valence electrons. The minimum Gasteiger partial charge on any atom is -0.366 e. The zero-order valence-corrected chi connectivity index (χ0v) is 12.4. The summed E-state index contributed by atoms with van der Waals surface area (Å²) in [6, 6.07) is 9.03. The lowest BCUT2D eigenvalue weighted by molar-refractivity contribution is 0.0946. The van der Waals surface area contributed by atoms with Crippen LogP contribution in [0.5, 0.6) is 0 Å². The lowest BCUT2D eigenvalue weighted by atomic mass is 9.99. The molecular weight excluding hydrogens is 280 g/mol. The number of nitrogens with two attached hydrogens (primary N) is 2. The number of benzene rings is 1. The van der Waals surface area contributed by atoms with E-state index in [2.05, 4.69) is 17.2 Å². The standard InChI is InChI=1S/C16H20N4O2/c1-2-10-5-3-4-6-12(10)13(17)9-20-16(22)14-7-11(8-19-14)15(18)21/h3-8,13,19H,2,9,17H2,1H3,(H2,18,21)(H,20,22). The summed E-state index contributed by atoms with van der Waals surface area (Å²) < 4.78 is 0. The maximum absolute atomic E-state index is 12.0. The van der Waals surface area contributed by atoms with Crippen molar-refractivity contribution in [2.75, 3.05) is 6.54 Å². The summed E-state index contributed by atoms with van der Waals surface area (Å²) in [5.41, 5.74) is 14.0. The quantitative estimate of drug-likeness (QED) is 0.640. The van der Waals surface area contributed by atoms with Crippen molar-refractivity contribution >= 4 is 11.8 Å². The molecule has 2 rings (SSSR count). The lowest BCUT2D eigenvalue weighted by Crippen LogP contribution is -2.32. The Bertz CT molecular complexity index is 678. The normalized spacial score (nSPS) is 11.9. The Labute approximate surface area is 128 Å². The van der Waals surface area contributed by atoms with Crippen molar-refractivity contribution in [3.63, 3.8) is 0 Å². The van der Waals surface area contributed by atoms with Crippen molar-refractivity contribution in [2.24, 2.45) is 11.5 Å². The largest absolute Gasteiger partial charge is 0.366 e. The van der Waals surface area contributed by atoms with E-state index in [1.165, 1.54) is 17.8 Å². The van der Waals surface area contributed by atoms with Crippen LogP contribution in [0, 0.1) is 0 Å². The van der Waals surface area contributed by atoms with Crippen LogP contribution in [0.15, 0.2) is 36.5 Å². The van der Waals surface area contributed by atoms with Gasteiger partial charge in [0.15, 0.2) is 0 Å². The number of H-pyrrole nitrogens is 1. The van der Waals surface area contributed by atoms with Gasteiger partial charge in [0.05, 0.1) is 5.56 Å². The van der Waals surface area contributed by atoms with Crippen LogP contribution in [0.2, 0.25) is 0 Å². The molecule has 22 heavy (non-hydrogen) atoms. The third-order valence-corrected chi connectivity index (χ3v) is 3.53. The lowest BCUT2D eigenvalue weighted by Gasteiger charge is -2.16. The number of hydrogen-bond acceptors (Lipinski definition) is 3. The number of carbonyl (C=O) groups is 2. The maximum atomic E-state index is 12.0. The SMILES string of the molecule is CCc1ccccc1C(N)CNC(=O)c1cc(C(N)=O)c[nH]1. The molecule has 0 aliphatic rings. The van der Waals surface area contributed by atoms with Crippen LogP contribution < -0.4 is 16.8 Å². The summed E-state index contributed by atoms with van der Waals surface area (Å²) >= 11 is 0. The fourth-order valence-corrected chi connectivity index (χ4v) is 2.29. The van der Waals surface area contributed by atoms with E-state index in [1.807, 2.05) is 24.3 Å². The first-order valence-electron chi connectivity index (χ1n) is 7.12. The molecule has 0 saturated carbocycles. The molecule has 1 heterocycles. The first-order chi connectivity index (χ1) is 10.5. The first kappa shape index (κ1) is 15.8. The monoisotopic (exact) mass is 300 g/mol. The Hall–Kier alpha value is -2.60. The Kier molecular flexibility index (Phi) is 4.95. The summed E-state index contributed by atoms with van der Waals surface area (Å²) in [7, 11) is 0. The number of aromatic nitrogens is 1. The van der Waals surface area contributed by atoms with Crippen molar-refractivity contribution in [1.29, 1.82) is 0 Å². The number of primary amides is 1. The first-order valence-corrected chi connectivity index (χ1v) is 7.12. The minimum absolute atomic E-state index is 0.269. The maximum Gasteiger partial charge on any atom is 0.267 e. The molecular formula is C16H20N4O2. The van der Waals surface area contributed by atoms with Crippen LogP contribution in [0.3, 0.4) is 0 Å². The Morgan fingerprint density at radius 2 is 2.05 bits per heavy atom. The van der Waals surface area contributed by atoms with E-state index < -0.39 is 5.91 Å². The zero-order chi connectivity index (χ0) is 16.1. The molecule has 2 amide bonds. The molecule has 6 N–H and O–H groups in total. The second-order valence-electron chi connectivity index (χ2n) is 5.04. The Morgan fingerprint density at radius 1 is 1.32 bits per heavy atom. The highest BCUT2D eigenvalue weighted by atomic mass is 16.2. The van der Waals surface area contributed by atoms with E-state index in [0.29, 0.717) is 6.54 Å². The molecule has 6 nitrogen and oxygen atoms in total. The second-order valence-corrected chi connectivity index (χ2v) is 5.04. The van der Waals surface area contributed by atoms with Gasteiger partial charge < -0.3 is 21.8 Å². The van der Waals surface area contributed by atoms with Crippen molar-refractivity contribution in [3.05, 3.63) is 58.9 Å². The third kappa shape index (κ3) is 3.53. The predicted molar refractivity (Wildman–Crippen MR) is 84.4 cm³/mol. The number of aromatic amines is 1. The highest BCUT2D eigenvalue weighted by Crippen LogP contribution is 2.16. The van der Waals surface area contributed by atoms with Crippen molar-refractivity contribution in [2.45, 2.75) is 19.4 Å². The van der Waals surface area contributed by atoms with Gasteiger partial charge in [-0.3, -0.25) is 9.59 Å². The predicted octanol–water partition coefficient (Wildman–Crippen LogP) is 1.11. The third-order valence-electron chi connectivity index (χ3n) is 3.53. The molecule has 0 aliphatic carbocycles. The smallest absolute Gasteiger partial charge is 0.267 e. The average molecular weight is 300 g/mol. The minimum atomic E-state index is -0.580. The van der Waals surface area contributed by atoms with Gasteiger partial charge in [0.2, 0.25) is 5.91 Å². The molecule has 0 aliphatic heterocycles. The van der Waals surface area contributed by atoms with Gasteiger partial charge in [0.1, 0.15) is 5.69 Å². The van der Waals surface area contributed by atoms with Crippen LogP contribution in [-0.2, 0) is 6.42 Å². The molecule has 1 unspecified atom stereocenters. The van der Waals surface area contributed by atoms with Crippen LogP contribution in [0.4, 0.5) is 0 Å². The Morgan fingerprint density at radius 3 is 2.68 bits per heavy atom. The van der Waals surface area contributed by atoms with Crippen molar-refractivity contribution in [1.82, 2.24) is 10.3 Å². The second kappa shape index (κ2) is 6.91. The van der Waals surface area contributed by atoms with Gasteiger partial charge in [0.25, 0.3) is 5.91 Å².